The van der Waals surface area contributed by atoms with Crippen LogP contribution in [0.3, 0.4) is 0 Å². The summed E-state index contributed by atoms with van der Waals surface area (Å²) in [5.74, 6) is 0.891. The molecule has 0 spiro atoms. The average molecular weight is 951 g/mol. The van der Waals surface area contributed by atoms with E-state index in [2.05, 4.69) is 205 Å². The van der Waals surface area contributed by atoms with Gasteiger partial charge in [-0.1, -0.05) is 159 Å². The second kappa shape index (κ2) is 15.4. The predicted molar refractivity (Wildman–Crippen MR) is 241 cm³/mol. The Bertz CT molecular complexity index is 2930. The first-order valence-electron chi connectivity index (χ1n) is 19.7. The molecule has 0 atom stereocenters. The van der Waals surface area contributed by atoms with Crippen molar-refractivity contribution in [3.8, 4) is 61.7 Å². The van der Waals surface area contributed by atoms with Gasteiger partial charge in [0.15, 0.2) is 0 Å². The van der Waals surface area contributed by atoms with E-state index in [0.29, 0.717) is 0 Å². The fourth-order valence-electron chi connectivity index (χ4n) is 7.76. The summed E-state index contributed by atoms with van der Waals surface area (Å²) in [5, 5.41) is 1.10. The summed E-state index contributed by atoms with van der Waals surface area (Å²) < 4.78 is 3.58. The van der Waals surface area contributed by atoms with Crippen molar-refractivity contribution < 1.29 is 21.1 Å². The van der Waals surface area contributed by atoms with Gasteiger partial charge in [-0.2, -0.15) is 11.5 Å². The van der Waals surface area contributed by atoms with Crippen LogP contribution in [0.15, 0.2) is 146 Å². The van der Waals surface area contributed by atoms with Gasteiger partial charge in [0, 0.05) is 17.5 Å². The molecule has 0 N–H and O–H groups in total. The van der Waals surface area contributed by atoms with Crippen LogP contribution < -0.4 is 0 Å². The number of pyridine rings is 1. The molecule has 3 nitrogen and oxygen atoms in total. The SMILES string of the molecule is Cc1[c-]c2c(-c3nc4c(-c5[c-]c(-c6cc(-c7ccccc7)ccn6)cc(C(C)(C)C)c5)cccc4n3-c3ccc(C(C)(C)C)cc3-c3ccccc3)cccc2s1.[Pt+2]. The van der Waals surface area contributed by atoms with Gasteiger partial charge in [0.2, 0.25) is 0 Å². The molecule has 0 radical (unpaired) electrons. The zero-order valence-corrected chi connectivity index (χ0v) is 37.0. The maximum atomic E-state index is 5.66. The minimum atomic E-state index is -0.115. The standard InChI is InChI=1S/C53H45N3S.Pt/c1-34-28-45-43(21-15-23-49(45)57-34)51-55-50-42(20-14-22-48(50)56(51)47-25-24-40(52(2,3)4)33-44(47)36-18-12-9-13-19-36)38-29-39(31-41(30-38)53(5,6)7)46-32-37(26-27-54-46)35-16-10-8-11-17-35;/h8-27,30-33H,1-7H3;/q-2;+2. The van der Waals surface area contributed by atoms with Crippen LogP contribution in [0.1, 0.15) is 57.5 Å². The van der Waals surface area contributed by atoms with Crippen LogP contribution in [0.2, 0.25) is 0 Å². The van der Waals surface area contributed by atoms with Gasteiger partial charge < -0.3 is 4.57 Å². The molecule has 9 aromatic rings. The van der Waals surface area contributed by atoms with Crippen molar-refractivity contribution in [1.29, 1.82) is 0 Å². The Kier molecular flexibility index (Phi) is 10.5. The third-order valence-electron chi connectivity index (χ3n) is 10.9. The fraction of sp³-hybridized carbons (Fsp3) is 0.170. The van der Waals surface area contributed by atoms with Crippen LogP contribution >= 0.6 is 11.3 Å². The molecule has 58 heavy (non-hydrogen) atoms. The van der Waals surface area contributed by atoms with Gasteiger partial charge in [-0.25, -0.2) is 16.3 Å². The maximum Gasteiger partial charge on any atom is 2.00 e. The van der Waals surface area contributed by atoms with Crippen molar-refractivity contribution in [2.45, 2.75) is 59.3 Å². The first-order chi connectivity index (χ1) is 27.4. The van der Waals surface area contributed by atoms with Gasteiger partial charge in [0.1, 0.15) is 0 Å². The van der Waals surface area contributed by atoms with Crippen LogP contribution in [0.4, 0.5) is 0 Å². The number of imidazole rings is 1. The summed E-state index contributed by atoms with van der Waals surface area (Å²) >= 11 is 1.77. The summed E-state index contributed by atoms with van der Waals surface area (Å²) in [6.07, 6.45) is 1.91. The second-order valence-electron chi connectivity index (χ2n) is 17.0. The predicted octanol–water partition coefficient (Wildman–Crippen LogP) is 14.5. The molecule has 0 amide bonds. The van der Waals surface area contributed by atoms with Crippen molar-refractivity contribution in [2.24, 2.45) is 0 Å². The third kappa shape index (κ3) is 7.41. The molecule has 3 aromatic heterocycles. The molecule has 0 aliphatic carbocycles. The van der Waals surface area contributed by atoms with Gasteiger partial charge >= 0.3 is 21.1 Å². The van der Waals surface area contributed by atoms with Crippen LogP contribution in [-0.2, 0) is 31.9 Å². The van der Waals surface area contributed by atoms with Crippen LogP contribution in [0.25, 0.3) is 82.8 Å². The summed E-state index contributed by atoms with van der Waals surface area (Å²) in [6, 6.07) is 57.6. The molecule has 6 aromatic carbocycles. The first kappa shape index (κ1) is 39.4. The number of aryl methyl sites for hydroxylation is 1. The van der Waals surface area contributed by atoms with E-state index in [1.54, 1.807) is 11.3 Å². The minimum absolute atomic E-state index is 0. The number of benzene rings is 6. The van der Waals surface area contributed by atoms with Crippen molar-refractivity contribution >= 4 is 32.5 Å². The van der Waals surface area contributed by atoms with Crippen LogP contribution in [0, 0.1) is 19.1 Å². The summed E-state index contributed by atoms with van der Waals surface area (Å²) in [5.41, 5.74) is 15.0. The zero-order chi connectivity index (χ0) is 39.5. The molecular weight excluding hydrogens is 906 g/mol. The Hall–Kier alpha value is -5.41. The normalized spacial score (nSPS) is 11.9. The summed E-state index contributed by atoms with van der Waals surface area (Å²) in [6.45, 7) is 15.8. The molecule has 3 heterocycles. The molecule has 5 heteroatoms. The maximum absolute atomic E-state index is 5.66. The number of hydrogen-bond acceptors (Lipinski definition) is 3. The Labute approximate surface area is 360 Å². The molecule has 0 unspecified atom stereocenters. The monoisotopic (exact) mass is 950 g/mol. The Morgan fingerprint density at radius 3 is 1.97 bits per heavy atom. The minimum Gasteiger partial charge on any atom is -0.303 e. The molecule has 0 aliphatic rings. The molecule has 0 fully saturated rings. The van der Waals surface area contributed by atoms with E-state index >= 15 is 0 Å². The summed E-state index contributed by atoms with van der Waals surface area (Å²) in [4.78, 5) is 11.7. The number of para-hydroxylation sites is 1. The van der Waals surface area contributed by atoms with Gasteiger partial charge in [0.25, 0.3) is 0 Å². The summed E-state index contributed by atoms with van der Waals surface area (Å²) in [7, 11) is 0. The van der Waals surface area contributed by atoms with E-state index < -0.39 is 0 Å². The number of thiophene rings is 1. The molecule has 0 saturated carbocycles. The molecule has 0 aliphatic heterocycles. The van der Waals surface area contributed by atoms with Crippen LogP contribution in [-0.4, -0.2) is 14.5 Å². The van der Waals surface area contributed by atoms with Crippen molar-refractivity contribution in [3.63, 3.8) is 0 Å². The van der Waals surface area contributed by atoms with E-state index in [9.17, 15) is 0 Å². The third-order valence-corrected chi connectivity index (χ3v) is 11.8. The van der Waals surface area contributed by atoms with Crippen molar-refractivity contribution in [2.75, 3.05) is 0 Å². The quantitative estimate of drug-likeness (QED) is 0.156. The number of fused-ring (bicyclic) bond motifs is 2. The van der Waals surface area contributed by atoms with Crippen molar-refractivity contribution in [1.82, 2.24) is 14.5 Å². The average Bonchev–Trinajstić information content (AvgIpc) is 3.80. The van der Waals surface area contributed by atoms with Crippen molar-refractivity contribution in [3.05, 3.63) is 174 Å². The van der Waals surface area contributed by atoms with E-state index in [1.165, 1.54) is 27.0 Å². The van der Waals surface area contributed by atoms with E-state index in [4.69, 9.17) is 9.97 Å². The van der Waals surface area contributed by atoms with Gasteiger partial charge in [-0.15, -0.1) is 41.5 Å². The Morgan fingerprint density at radius 2 is 1.24 bits per heavy atom. The molecule has 288 valence electrons. The Morgan fingerprint density at radius 1 is 0.569 bits per heavy atom. The molecular formula is C53H45N3PtS. The second-order valence-corrected chi connectivity index (χ2v) is 18.3. The van der Waals surface area contributed by atoms with E-state index in [-0.39, 0.29) is 31.9 Å². The van der Waals surface area contributed by atoms with E-state index in [0.717, 1.165) is 71.9 Å². The zero-order valence-electron chi connectivity index (χ0n) is 33.9. The van der Waals surface area contributed by atoms with E-state index in [1.807, 2.05) is 6.20 Å². The first-order valence-corrected chi connectivity index (χ1v) is 20.5. The van der Waals surface area contributed by atoms with Gasteiger partial charge in [0.05, 0.1) is 22.5 Å². The number of aromatic nitrogens is 3. The topological polar surface area (TPSA) is 30.7 Å². The molecule has 0 saturated heterocycles. The number of hydrogen-bond donors (Lipinski definition) is 0. The smallest absolute Gasteiger partial charge is 0.303 e. The molecule has 9 rings (SSSR count). The number of rotatable bonds is 6. The van der Waals surface area contributed by atoms with Crippen LogP contribution in [0.5, 0.6) is 0 Å². The molecule has 0 bridgehead atoms. The Balaban J connectivity index is 0.00000469. The van der Waals surface area contributed by atoms with Gasteiger partial charge in [-0.3, -0.25) is 4.98 Å². The largest absolute Gasteiger partial charge is 2.00 e. The number of nitrogens with zero attached hydrogens (tertiary/aromatic N) is 3. The fourth-order valence-corrected chi connectivity index (χ4v) is 8.65. The van der Waals surface area contributed by atoms with Gasteiger partial charge in [-0.05, 0) is 64.3 Å².